The minimum atomic E-state index is -0.387. The maximum Gasteiger partial charge on any atom is 0.251 e. The zero-order chi connectivity index (χ0) is 22.3. The summed E-state index contributed by atoms with van der Waals surface area (Å²) in [5.41, 5.74) is 3.57. The highest BCUT2D eigenvalue weighted by Crippen LogP contribution is 2.19. The van der Waals surface area contributed by atoms with Crippen LogP contribution < -0.4 is 15.4 Å². The van der Waals surface area contributed by atoms with E-state index in [4.69, 9.17) is 10.00 Å². The Labute approximate surface area is 183 Å². The molecule has 0 aliphatic rings. The number of nitrogens with one attached hydrogen (secondary N) is 3. The third-order valence-electron chi connectivity index (χ3n) is 4.57. The Hall–Kier alpha value is -4.71. The lowest BCUT2D eigenvalue weighted by molar-refractivity contribution is -0.115. The molecule has 0 atom stereocenters. The fourth-order valence-corrected chi connectivity index (χ4v) is 3.01. The van der Waals surface area contributed by atoms with E-state index in [1.165, 1.54) is 0 Å². The average molecular weight is 426 g/mol. The summed E-state index contributed by atoms with van der Waals surface area (Å²) < 4.78 is 5.75. The molecule has 0 saturated heterocycles. The van der Waals surface area contributed by atoms with Gasteiger partial charge in [-0.25, -0.2) is 0 Å². The lowest BCUT2D eigenvalue weighted by atomic mass is 10.1. The molecule has 158 valence electrons. The number of anilines is 1. The summed E-state index contributed by atoms with van der Waals surface area (Å²) in [6.45, 7) is 0.0978. The first-order valence-electron chi connectivity index (χ1n) is 9.71. The maximum absolute atomic E-state index is 12.3. The number of nitriles is 1. The van der Waals surface area contributed by atoms with Crippen LogP contribution in [0.4, 0.5) is 5.69 Å². The van der Waals surface area contributed by atoms with E-state index in [1.54, 1.807) is 60.7 Å². The fraction of sp³-hybridized carbons (Fsp3) is 0.0870. The van der Waals surface area contributed by atoms with E-state index >= 15 is 0 Å². The first-order chi connectivity index (χ1) is 15.6. The average Bonchev–Trinajstić information content (AvgIpc) is 3.29. The van der Waals surface area contributed by atoms with E-state index in [0.29, 0.717) is 40.2 Å². The van der Waals surface area contributed by atoms with Gasteiger partial charge in [0.15, 0.2) is 0 Å². The van der Waals surface area contributed by atoms with Gasteiger partial charge >= 0.3 is 0 Å². The molecule has 0 aliphatic heterocycles. The second kappa shape index (κ2) is 9.40. The highest BCUT2D eigenvalue weighted by Gasteiger charge is 2.10. The van der Waals surface area contributed by atoms with Gasteiger partial charge in [0.2, 0.25) is 5.91 Å². The van der Waals surface area contributed by atoms with Crippen LogP contribution in [0.5, 0.6) is 5.75 Å². The van der Waals surface area contributed by atoms with E-state index in [2.05, 4.69) is 32.1 Å². The summed E-state index contributed by atoms with van der Waals surface area (Å²) in [6, 6.07) is 21.1. The highest BCUT2D eigenvalue weighted by molar-refractivity contribution is 6.00. The largest absolute Gasteiger partial charge is 0.489 e. The van der Waals surface area contributed by atoms with Gasteiger partial charge in [-0.2, -0.15) is 20.7 Å². The number of carbonyl (C=O) groups excluding carboxylic acids is 2. The number of amides is 2. The maximum atomic E-state index is 12.3. The third kappa shape index (κ3) is 5.06. The number of benzene rings is 3. The Morgan fingerprint density at radius 2 is 1.84 bits per heavy atom. The van der Waals surface area contributed by atoms with Crippen molar-refractivity contribution in [3.05, 3.63) is 83.4 Å². The van der Waals surface area contributed by atoms with Gasteiger partial charge in [0.1, 0.15) is 23.4 Å². The van der Waals surface area contributed by atoms with Gasteiger partial charge in [0.05, 0.1) is 18.2 Å². The molecule has 0 unspecified atom stereocenters. The SMILES string of the molecule is N#Cc1cccc(COc2cccc(NC(=O)CNC(=O)c3ccc4n[nH]nc4c3)c2)c1. The molecular formula is C23H18N6O3. The van der Waals surface area contributed by atoms with Crippen LogP contribution in [0, 0.1) is 11.3 Å². The van der Waals surface area contributed by atoms with Crippen molar-refractivity contribution in [1.82, 2.24) is 20.7 Å². The lowest BCUT2D eigenvalue weighted by Crippen LogP contribution is -2.32. The number of ether oxygens (including phenoxy) is 1. The molecule has 0 saturated carbocycles. The smallest absolute Gasteiger partial charge is 0.251 e. The molecule has 9 nitrogen and oxygen atoms in total. The van der Waals surface area contributed by atoms with Crippen LogP contribution in [-0.4, -0.2) is 33.8 Å². The van der Waals surface area contributed by atoms with E-state index in [-0.39, 0.29) is 18.4 Å². The highest BCUT2D eigenvalue weighted by atomic mass is 16.5. The van der Waals surface area contributed by atoms with Gasteiger partial charge in [0, 0.05) is 17.3 Å². The standard InChI is InChI=1S/C23H18N6O3/c24-12-15-3-1-4-16(9-15)14-32-19-6-2-5-18(11-19)26-22(30)13-25-23(31)17-7-8-20-21(10-17)28-29-27-20/h1-11H,13-14H2,(H,25,31)(H,26,30)(H,27,28,29). The number of hydrogen-bond donors (Lipinski definition) is 3. The van der Waals surface area contributed by atoms with Crippen LogP contribution in [0.2, 0.25) is 0 Å². The molecule has 1 aromatic heterocycles. The molecule has 3 N–H and O–H groups in total. The second-order valence-corrected chi connectivity index (χ2v) is 6.89. The van der Waals surface area contributed by atoms with Gasteiger partial charge in [-0.05, 0) is 48.0 Å². The number of fused-ring (bicyclic) bond motifs is 1. The minimum absolute atomic E-state index is 0.193. The topological polar surface area (TPSA) is 133 Å². The zero-order valence-corrected chi connectivity index (χ0v) is 16.8. The van der Waals surface area contributed by atoms with Crippen LogP contribution in [0.15, 0.2) is 66.7 Å². The molecule has 4 rings (SSSR count). The van der Waals surface area contributed by atoms with Crippen LogP contribution in [-0.2, 0) is 11.4 Å². The van der Waals surface area contributed by atoms with Crippen LogP contribution >= 0.6 is 0 Å². The van der Waals surface area contributed by atoms with Gasteiger partial charge in [0.25, 0.3) is 5.91 Å². The van der Waals surface area contributed by atoms with Gasteiger partial charge < -0.3 is 15.4 Å². The Morgan fingerprint density at radius 1 is 1.00 bits per heavy atom. The first-order valence-corrected chi connectivity index (χ1v) is 9.71. The normalized spacial score (nSPS) is 10.3. The van der Waals surface area contributed by atoms with Crippen molar-refractivity contribution < 1.29 is 14.3 Å². The van der Waals surface area contributed by atoms with E-state index in [0.717, 1.165) is 5.56 Å². The molecule has 0 spiro atoms. The quantitative estimate of drug-likeness (QED) is 0.416. The number of aromatic nitrogens is 3. The summed E-state index contributed by atoms with van der Waals surface area (Å²) in [5.74, 6) is -0.198. The fourth-order valence-electron chi connectivity index (χ4n) is 3.01. The first kappa shape index (κ1) is 20.6. The Kier molecular flexibility index (Phi) is 6.04. The van der Waals surface area contributed by atoms with Crippen LogP contribution in [0.25, 0.3) is 11.0 Å². The predicted octanol–water partition coefficient (Wildman–Crippen LogP) is 2.78. The van der Waals surface area contributed by atoms with E-state index in [9.17, 15) is 9.59 Å². The van der Waals surface area contributed by atoms with Crippen molar-refractivity contribution in [2.24, 2.45) is 0 Å². The molecule has 0 fully saturated rings. The summed E-state index contributed by atoms with van der Waals surface area (Å²) >= 11 is 0. The Balaban J connectivity index is 1.30. The van der Waals surface area contributed by atoms with Crippen molar-refractivity contribution in [2.75, 3.05) is 11.9 Å². The number of aromatic amines is 1. The molecule has 0 bridgehead atoms. The van der Waals surface area contributed by atoms with Crippen molar-refractivity contribution in [1.29, 1.82) is 5.26 Å². The van der Waals surface area contributed by atoms with Gasteiger partial charge in [-0.1, -0.05) is 18.2 Å². The molecule has 4 aromatic rings. The monoisotopic (exact) mass is 426 g/mol. The van der Waals surface area contributed by atoms with Gasteiger partial charge in [-0.3, -0.25) is 9.59 Å². The van der Waals surface area contributed by atoms with Crippen LogP contribution in [0.1, 0.15) is 21.5 Å². The molecular weight excluding hydrogens is 408 g/mol. The molecule has 1 heterocycles. The summed E-state index contributed by atoms with van der Waals surface area (Å²) in [6.07, 6.45) is 0. The Morgan fingerprint density at radius 3 is 2.72 bits per heavy atom. The van der Waals surface area contributed by atoms with Crippen molar-refractivity contribution in [2.45, 2.75) is 6.61 Å². The van der Waals surface area contributed by atoms with Crippen molar-refractivity contribution in [3.63, 3.8) is 0 Å². The van der Waals surface area contributed by atoms with E-state index < -0.39 is 0 Å². The number of hydrogen-bond acceptors (Lipinski definition) is 6. The van der Waals surface area contributed by atoms with Crippen molar-refractivity contribution >= 4 is 28.5 Å². The molecule has 32 heavy (non-hydrogen) atoms. The molecule has 0 aliphatic carbocycles. The third-order valence-corrected chi connectivity index (χ3v) is 4.57. The number of H-pyrrole nitrogens is 1. The van der Waals surface area contributed by atoms with Gasteiger partial charge in [-0.15, -0.1) is 0 Å². The minimum Gasteiger partial charge on any atom is -0.489 e. The number of carbonyl (C=O) groups is 2. The molecule has 9 heteroatoms. The molecule has 3 aromatic carbocycles. The molecule has 2 amide bonds. The summed E-state index contributed by atoms with van der Waals surface area (Å²) in [4.78, 5) is 24.6. The lowest BCUT2D eigenvalue weighted by Gasteiger charge is -2.10. The Bertz CT molecular complexity index is 1320. The predicted molar refractivity (Wildman–Crippen MR) is 117 cm³/mol. The summed E-state index contributed by atoms with van der Waals surface area (Å²) in [7, 11) is 0. The second-order valence-electron chi connectivity index (χ2n) is 6.89. The van der Waals surface area contributed by atoms with Crippen molar-refractivity contribution in [3.8, 4) is 11.8 Å². The number of nitrogens with zero attached hydrogens (tertiary/aromatic N) is 3. The summed E-state index contributed by atoms with van der Waals surface area (Å²) in [5, 5.41) is 24.7. The zero-order valence-electron chi connectivity index (χ0n) is 16.8. The van der Waals surface area contributed by atoms with Crippen LogP contribution in [0.3, 0.4) is 0 Å². The molecule has 0 radical (unpaired) electrons. The number of rotatable bonds is 7. The van der Waals surface area contributed by atoms with E-state index in [1.807, 2.05) is 6.07 Å².